The average molecular weight is 231 g/mol. The Balaban J connectivity index is 1.79. The maximum Gasteiger partial charge on any atom is 0.272 e. The number of fused-ring (bicyclic) bond motifs is 1. The number of nitrogens with zero attached hydrogens (tertiary/aromatic N) is 4. The Morgan fingerprint density at radius 3 is 2.94 bits per heavy atom. The fourth-order valence-corrected chi connectivity index (χ4v) is 2.27. The van der Waals surface area contributed by atoms with Crippen LogP contribution in [0.4, 0.5) is 0 Å². The van der Waals surface area contributed by atoms with Crippen molar-refractivity contribution in [3.05, 3.63) is 42.2 Å². The van der Waals surface area contributed by atoms with Crippen molar-refractivity contribution in [3.63, 3.8) is 0 Å². The quantitative estimate of drug-likeness (QED) is 0.698. The largest absolute Gasteiger partial charge is 0.278 e. The molecular weight excluding hydrogens is 222 g/mol. The number of hydrogen-bond donors (Lipinski definition) is 1. The Morgan fingerprint density at radius 1 is 1.19 bits per heavy atom. The highest BCUT2D eigenvalue weighted by molar-refractivity contribution is 7.98. The molecule has 5 nitrogen and oxygen atoms in total. The summed E-state index contributed by atoms with van der Waals surface area (Å²) in [5, 5.41) is 11.8. The van der Waals surface area contributed by atoms with E-state index in [0.717, 1.165) is 10.9 Å². The summed E-state index contributed by atoms with van der Waals surface area (Å²) in [6, 6.07) is 10.3. The third-order valence-corrected chi connectivity index (χ3v) is 3.19. The van der Waals surface area contributed by atoms with Crippen molar-refractivity contribution in [3.8, 4) is 0 Å². The molecule has 0 unspecified atom stereocenters. The zero-order chi connectivity index (χ0) is 10.8. The number of rotatable bonds is 3. The van der Waals surface area contributed by atoms with E-state index >= 15 is 0 Å². The van der Waals surface area contributed by atoms with Crippen molar-refractivity contribution in [2.24, 2.45) is 0 Å². The molecule has 0 amide bonds. The SMILES string of the molecule is c1ccc(CSc2nnc3nc[nH]n23)cc1. The van der Waals surface area contributed by atoms with Crippen LogP contribution in [0.25, 0.3) is 5.78 Å². The first kappa shape index (κ1) is 9.41. The average Bonchev–Trinajstić information content (AvgIpc) is 2.90. The predicted molar refractivity (Wildman–Crippen MR) is 61.1 cm³/mol. The van der Waals surface area contributed by atoms with Gasteiger partial charge in [0.15, 0.2) is 0 Å². The highest BCUT2D eigenvalue weighted by atomic mass is 32.2. The van der Waals surface area contributed by atoms with Crippen LogP contribution in [-0.2, 0) is 5.75 Å². The second-order valence-electron chi connectivity index (χ2n) is 3.28. The number of H-pyrrole nitrogens is 1. The first-order valence-corrected chi connectivity index (χ1v) is 5.83. The Labute approximate surface area is 95.9 Å². The molecule has 3 aromatic rings. The summed E-state index contributed by atoms with van der Waals surface area (Å²) in [7, 11) is 0. The van der Waals surface area contributed by atoms with Crippen LogP contribution in [-0.4, -0.2) is 24.8 Å². The van der Waals surface area contributed by atoms with E-state index in [0.29, 0.717) is 5.78 Å². The molecule has 0 spiro atoms. The van der Waals surface area contributed by atoms with E-state index < -0.39 is 0 Å². The van der Waals surface area contributed by atoms with E-state index in [-0.39, 0.29) is 0 Å². The molecular formula is C10H9N5S. The molecule has 3 rings (SSSR count). The fourth-order valence-electron chi connectivity index (χ4n) is 1.42. The van der Waals surface area contributed by atoms with Crippen LogP contribution in [0.1, 0.15) is 5.56 Å². The summed E-state index contributed by atoms with van der Waals surface area (Å²) in [6.07, 6.45) is 1.61. The van der Waals surface area contributed by atoms with Gasteiger partial charge in [0.2, 0.25) is 5.16 Å². The molecule has 2 aromatic heterocycles. The first-order chi connectivity index (χ1) is 7.93. The minimum Gasteiger partial charge on any atom is -0.278 e. The minimum absolute atomic E-state index is 0.607. The van der Waals surface area contributed by atoms with Crippen molar-refractivity contribution >= 4 is 17.5 Å². The molecule has 0 atom stereocenters. The maximum absolute atomic E-state index is 4.05. The first-order valence-electron chi connectivity index (χ1n) is 4.85. The number of aromatic nitrogens is 5. The van der Waals surface area contributed by atoms with Crippen LogP contribution in [0, 0.1) is 0 Å². The summed E-state index contributed by atoms with van der Waals surface area (Å²) in [5.74, 6) is 1.48. The molecule has 1 aromatic carbocycles. The van der Waals surface area contributed by atoms with Gasteiger partial charge in [0.1, 0.15) is 6.33 Å². The molecule has 0 saturated heterocycles. The molecule has 0 aliphatic rings. The Bertz CT molecular complexity index is 585. The molecule has 80 valence electrons. The predicted octanol–water partition coefficient (Wildman–Crippen LogP) is 1.74. The highest BCUT2D eigenvalue weighted by Gasteiger charge is 2.07. The topological polar surface area (TPSA) is 58.9 Å². The summed E-state index contributed by atoms with van der Waals surface area (Å²) < 4.78 is 1.77. The van der Waals surface area contributed by atoms with Crippen LogP contribution in [0.2, 0.25) is 0 Å². The molecule has 0 aliphatic carbocycles. The van der Waals surface area contributed by atoms with Gasteiger partial charge in [0, 0.05) is 5.75 Å². The Hall–Kier alpha value is -1.82. The number of benzene rings is 1. The lowest BCUT2D eigenvalue weighted by molar-refractivity contribution is 0.821. The van der Waals surface area contributed by atoms with E-state index in [1.807, 2.05) is 18.2 Å². The summed E-state index contributed by atoms with van der Waals surface area (Å²) in [5.41, 5.74) is 1.27. The second kappa shape index (κ2) is 3.97. The molecule has 0 aliphatic heterocycles. The van der Waals surface area contributed by atoms with Gasteiger partial charge in [-0.25, -0.2) is 0 Å². The molecule has 0 radical (unpaired) electrons. The van der Waals surface area contributed by atoms with E-state index in [4.69, 9.17) is 0 Å². The van der Waals surface area contributed by atoms with Crippen LogP contribution < -0.4 is 0 Å². The van der Waals surface area contributed by atoms with Gasteiger partial charge in [0.25, 0.3) is 5.78 Å². The lowest BCUT2D eigenvalue weighted by atomic mass is 10.2. The van der Waals surface area contributed by atoms with Crippen molar-refractivity contribution in [1.82, 2.24) is 24.8 Å². The molecule has 0 bridgehead atoms. The van der Waals surface area contributed by atoms with Gasteiger partial charge in [-0.1, -0.05) is 42.1 Å². The normalized spacial score (nSPS) is 11.0. The van der Waals surface area contributed by atoms with Gasteiger partial charge >= 0.3 is 0 Å². The van der Waals surface area contributed by atoms with Gasteiger partial charge in [-0.05, 0) is 5.56 Å². The zero-order valence-electron chi connectivity index (χ0n) is 8.37. The van der Waals surface area contributed by atoms with E-state index in [9.17, 15) is 0 Å². The monoisotopic (exact) mass is 231 g/mol. The second-order valence-corrected chi connectivity index (χ2v) is 4.22. The van der Waals surface area contributed by atoms with Gasteiger partial charge in [-0.3, -0.25) is 5.10 Å². The standard InChI is InChI=1S/C10H9N5S/c1-2-4-8(5-3-1)6-16-10-14-13-9-11-7-12-15(9)10/h1-5,7H,6H2,(H,11,12,13). The summed E-state index contributed by atoms with van der Waals surface area (Å²) in [4.78, 5) is 4.01. The molecule has 0 saturated carbocycles. The molecule has 6 heteroatoms. The number of nitrogens with one attached hydrogen (secondary N) is 1. The van der Waals surface area contributed by atoms with Crippen LogP contribution in [0.15, 0.2) is 41.8 Å². The van der Waals surface area contributed by atoms with Crippen molar-refractivity contribution < 1.29 is 0 Å². The number of thioether (sulfide) groups is 1. The van der Waals surface area contributed by atoms with E-state index in [1.54, 1.807) is 22.6 Å². The lowest BCUT2D eigenvalue weighted by Crippen LogP contribution is -1.88. The van der Waals surface area contributed by atoms with Crippen LogP contribution >= 0.6 is 11.8 Å². The van der Waals surface area contributed by atoms with Crippen LogP contribution in [0.5, 0.6) is 0 Å². The smallest absolute Gasteiger partial charge is 0.272 e. The molecule has 1 N–H and O–H groups in total. The van der Waals surface area contributed by atoms with Gasteiger partial charge in [-0.15, -0.1) is 10.2 Å². The van der Waals surface area contributed by atoms with Crippen LogP contribution in [0.3, 0.4) is 0 Å². The maximum atomic E-state index is 4.05. The molecule has 0 fully saturated rings. The fraction of sp³-hybridized carbons (Fsp3) is 0.100. The van der Waals surface area contributed by atoms with Gasteiger partial charge < -0.3 is 0 Å². The third-order valence-electron chi connectivity index (χ3n) is 2.19. The third kappa shape index (κ3) is 1.67. The number of hydrogen-bond acceptors (Lipinski definition) is 4. The Morgan fingerprint density at radius 2 is 2.06 bits per heavy atom. The summed E-state index contributed by atoms with van der Waals surface area (Å²) >= 11 is 1.63. The molecule has 2 heterocycles. The van der Waals surface area contributed by atoms with E-state index in [2.05, 4.69) is 32.4 Å². The minimum atomic E-state index is 0.607. The number of aromatic amines is 1. The van der Waals surface area contributed by atoms with Gasteiger partial charge in [0.05, 0.1) is 0 Å². The van der Waals surface area contributed by atoms with Gasteiger partial charge in [-0.2, -0.15) is 9.50 Å². The molecule has 16 heavy (non-hydrogen) atoms. The van der Waals surface area contributed by atoms with Crippen molar-refractivity contribution in [2.75, 3.05) is 0 Å². The Kier molecular flexibility index (Phi) is 2.34. The highest BCUT2D eigenvalue weighted by Crippen LogP contribution is 2.20. The van der Waals surface area contributed by atoms with Crippen molar-refractivity contribution in [2.45, 2.75) is 10.9 Å². The lowest BCUT2D eigenvalue weighted by Gasteiger charge is -1.98. The van der Waals surface area contributed by atoms with Crippen molar-refractivity contribution in [1.29, 1.82) is 0 Å². The summed E-state index contributed by atoms with van der Waals surface area (Å²) in [6.45, 7) is 0. The zero-order valence-corrected chi connectivity index (χ0v) is 9.18. The van der Waals surface area contributed by atoms with E-state index in [1.165, 1.54) is 5.56 Å².